The summed E-state index contributed by atoms with van der Waals surface area (Å²) in [6, 6.07) is 10.5. The lowest BCUT2D eigenvalue weighted by Crippen LogP contribution is -2.26. The monoisotopic (exact) mass is 451 g/mol. The number of hydrogen-bond donors (Lipinski definition) is 1. The predicted octanol–water partition coefficient (Wildman–Crippen LogP) is 1.88. The number of benzene rings is 1. The zero-order chi connectivity index (χ0) is 21.9. The molecule has 0 spiro atoms. The molecule has 11 heteroatoms. The molecule has 8 nitrogen and oxygen atoms in total. The molecule has 0 saturated carbocycles. The van der Waals surface area contributed by atoms with E-state index in [0.717, 1.165) is 20.0 Å². The van der Waals surface area contributed by atoms with Gasteiger partial charge in [0.1, 0.15) is 6.33 Å². The van der Waals surface area contributed by atoms with E-state index in [1.807, 2.05) is 18.2 Å². The van der Waals surface area contributed by atoms with Crippen molar-refractivity contribution < 1.29 is 12.8 Å². The van der Waals surface area contributed by atoms with Gasteiger partial charge < -0.3 is 5.73 Å². The molecule has 0 amide bonds. The van der Waals surface area contributed by atoms with E-state index < -0.39 is 10.0 Å². The zero-order valence-electron chi connectivity index (χ0n) is 16.5. The minimum atomic E-state index is -3.53. The number of nitrogens with zero attached hydrogens (tertiary/aromatic N) is 4. The first-order chi connectivity index (χ1) is 14.3. The van der Waals surface area contributed by atoms with Crippen molar-refractivity contribution >= 4 is 21.4 Å². The Morgan fingerprint density at radius 1 is 1.30 bits per heavy atom. The maximum Gasteiger partial charge on any atom is 0.346 e. The molecule has 0 aliphatic carbocycles. The molecule has 0 radical (unpaired) electrons. The number of sulfonamides is 1. The minimum Gasteiger partial charge on any atom is -0.327 e. The summed E-state index contributed by atoms with van der Waals surface area (Å²) in [4.78, 5) is 14.4. The maximum atomic E-state index is 12.7. The highest BCUT2D eigenvalue weighted by atomic mass is 32.2. The second-order valence-corrected chi connectivity index (χ2v) is 10.1. The fourth-order valence-corrected chi connectivity index (χ4v) is 4.68. The van der Waals surface area contributed by atoms with Gasteiger partial charge in [0.2, 0.25) is 10.0 Å². The normalized spacial score (nSPS) is 12.6. The SMILES string of the molecule is CN(C)S(=O)(=O)c1cccc(-c2ccc(Cn3cnn(C/C(=C/F)CN)c3=O)s2)c1. The summed E-state index contributed by atoms with van der Waals surface area (Å²) >= 11 is 1.45. The van der Waals surface area contributed by atoms with Crippen LogP contribution < -0.4 is 11.4 Å². The molecule has 30 heavy (non-hydrogen) atoms. The molecule has 0 saturated heterocycles. The molecular formula is C19H22FN5O3S2. The Morgan fingerprint density at radius 2 is 2.07 bits per heavy atom. The standard InChI is InChI=1S/C19H22FN5O3S2/c1-23(2)30(27,28)17-5-3-4-15(8-17)18-7-6-16(29-18)12-24-13-22-25(19(24)26)11-14(9-20)10-21/h3-9,13H,10-12,21H2,1-2H3/b14-9+. The third-order valence-electron chi connectivity index (χ3n) is 4.45. The molecule has 0 aliphatic heterocycles. The van der Waals surface area contributed by atoms with Crippen LogP contribution in [-0.2, 0) is 23.1 Å². The number of halogens is 1. The number of nitrogens with two attached hydrogens (primary N) is 1. The molecule has 1 aromatic carbocycles. The van der Waals surface area contributed by atoms with E-state index in [4.69, 9.17) is 5.73 Å². The third-order valence-corrected chi connectivity index (χ3v) is 7.38. The first-order valence-electron chi connectivity index (χ1n) is 8.98. The highest BCUT2D eigenvalue weighted by molar-refractivity contribution is 7.89. The summed E-state index contributed by atoms with van der Waals surface area (Å²) in [5, 5.41) is 4.01. The molecule has 3 aromatic rings. The Kier molecular flexibility index (Phi) is 6.66. The van der Waals surface area contributed by atoms with E-state index in [0.29, 0.717) is 12.9 Å². The van der Waals surface area contributed by atoms with Gasteiger partial charge in [-0.05, 0) is 35.4 Å². The van der Waals surface area contributed by atoms with E-state index >= 15 is 0 Å². The van der Waals surface area contributed by atoms with Crippen LogP contribution in [0, 0.1) is 0 Å². The molecule has 3 rings (SSSR count). The van der Waals surface area contributed by atoms with Crippen LogP contribution in [0.5, 0.6) is 0 Å². The Hall–Kier alpha value is -2.60. The van der Waals surface area contributed by atoms with E-state index in [2.05, 4.69) is 5.10 Å². The summed E-state index contributed by atoms with van der Waals surface area (Å²) < 4.78 is 41.2. The largest absolute Gasteiger partial charge is 0.346 e. The summed E-state index contributed by atoms with van der Waals surface area (Å²) in [6.07, 6.45) is 1.79. The summed E-state index contributed by atoms with van der Waals surface area (Å²) in [6.45, 7) is 0.310. The van der Waals surface area contributed by atoms with Crippen molar-refractivity contribution in [2.24, 2.45) is 5.73 Å². The smallest absolute Gasteiger partial charge is 0.327 e. The molecule has 160 valence electrons. The lowest BCUT2D eigenvalue weighted by molar-refractivity contribution is 0.521. The van der Waals surface area contributed by atoms with Crippen molar-refractivity contribution in [1.82, 2.24) is 18.7 Å². The van der Waals surface area contributed by atoms with Gasteiger partial charge in [-0.25, -0.2) is 26.6 Å². The molecule has 2 aromatic heterocycles. The zero-order valence-corrected chi connectivity index (χ0v) is 18.2. The van der Waals surface area contributed by atoms with Crippen LogP contribution in [0.25, 0.3) is 10.4 Å². The fraction of sp³-hybridized carbons (Fsp3) is 0.263. The van der Waals surface area contributed by atoms with Gasteiger partial charge in [0.25, 0.3) is 0 Å². The summed E-state index contributed by atoms with van der Waals surface area (Å²) in [5.41, 5.74) is 6.11. The minimum absolute atomic E-state index is 0.00165. The third kappa shape index (κ3) is 4.59. The van der Waals surface area contributed by atoms with E-state index in [1.54, 1.807) is 18.2 Å². The van der Waals surface area contributed by atoms with Crippen molar-refractivity contribution in [3.63, 3.8) is 0 Å². The molecule has 2 N–H and O–H groups in total. The number of aromatic nitrogens is 3. The molecule has 0 bridgehead atoms. The van der Waals surface area contributed by atoms with Crippen molar-refractivity contribution in [3.05, 3.63) is 70.0 Å². The lowest BCUT2D eigenvalue weighted by Gasteiger charge is -2.11. The Morgan fingerprint density at radius 3 is 2.73 bits per heavy atom. The van der Waals surface area contributed by atoms with Crippen LogP contribution in [0.2, 0.25) is 0 Å². The average molecular weight is 452 g/mol. The van der Waals surface area contributed by atoms with Crippen molar-refractivity contribution in [2.75, 3.05) is 20.6 Å². The van der Waals surface area contributed by atoms with Gasteiger partial charge in [0.15, 0.2) is 0 Å². The van der Waals surface area contributed by atoms with Crippen molar-refractivity contribution in [2.45, 2.75) is 18.0 Å². The van der Waals surface area contributed by atoms with E-state index in [1.165, 1.54) is 40.6 Å². The number of thiophene rings is 1. The lowest BCUT2D eigenvalue weighted by atomic mass is 10.2. The quantitative estimate of drug-likeness (QED) is 0.563. The van der Waals surface area contributed by atoms with Crippen LogP contribution in [0.4, 0.5) is 4.39 Å². The molecule has 2 heterocycles. The van der Waals surface area contributed by atoms with Crippen molar-refractivity contribution in [1.29, 1.82) is 0 Å². The first kappa shape index (κ1) is 22.1. The van der Waals surface area contributed by atoms with Gasteiger partial charge in [-0.1, -0.05) is 12.1 Å². The molecule has 0 fully saturated rings. The van der Waals surface area contributed by atoms with Crippen LogP contribution >= 0.6 is 11.3 Å². The second-order valence-electron chi connectivity index (χ2n) is 6.75. The van der Waals surface area contributed by atoms with E-state index in [-0.39, 0.29) is 29.2 Å². The van der Waals surface area contributed by atoms with Gasteiger partial charge >= 0.3 is 5.69 Å². The molecule has 0 unspecified atom stereocenters. The second kappa shape index (κ2) is 9.04. The Labute approximate surface area is 177 Å². The van der Waals surface area contributed by atoms with Crippen LogP contribution in [0.1, 0.15) is 4.88 Å². The fourth-order valence-electron chi connectivity index (χ4n) is 2.73. The first-order valence-corrected chi connectivity index (χ1v) is 11.2. The Balaban J connectivity index is 1.82. The van der Waals surface area contributed by atoms with Gasteiger partial charge in [-0.3, -0.25) is 4.57 Å². The summed E-state index contributed by atoms with van der Waals surface area (Å²) in [7, 11) is -0.547. The maximum absolute atomic E-state index is 12.7. The Bertz CT molecular complexity index is 1220. The number of hydrogen-bond acceptors (Lipinski definition) is 6. The molecule has 0 atom stereocenters. The predicted molar refractivity (Wildman–Crippen MR) is 114 cm³/mol. The van der Waals surface area contributed by atoms with Crippen molar-refractivity contribution in [3.8, 4) is 10.4 Å². The van der Waals surface area contributed by atoms with Gasteiger partial charge in [-0.15, -0.1) is 11.3 Å². The average Bonchev–Trinajstić information content (AvgIpc) is 3.34. The van der Waals surface area contributed by atoms with E-state index in [9.17, 15) is 17.6 Å². The van der Waals surface area contributed by atoms with Gasteiger partial charge in [0, 0.05) is 30.4 Å². The topological polar surface area (TPSA) is 103 Å². The van der Waals surface area contributed by atoms with Crippen LogP contribution in [0.15, 0.2) is 64.3 Å². The van der Waals surface area contributed by atoms with Gasteiger partial charge in [-0.2, -0.15) is 5.10 Å². The summed E-state index contributed by atoms with van der Waals surface area (Å²) in [5.74, 6) is 0. The van der Waals surface area contributed by atoms with Gasteiger partial charge in [0.05, 0.1) is 24.3 Å². The highest BCUT2D eigenvalue weighted by Gasteiger charge is 2.18. The number of rotatable bonds is 8. The highest BCUT2D eigenvalue weighted by Crippen LogP contribution is 2.30. The molecule has 0 aliphatic rings. The van der Waals surface area contributed by atoms with Crippen LogP contribution in [0.3, 0.4) is 0 Å². The van der Waals surface area contributed by atoms with Crippen LogP contribution in [-0.4, -0.2) is 47.7 Å². The molecular weight excluding hydrogens is 429 g/mol.